The minimum absolute atomic E-state index is 0.0142. The summed E-state index contributed by atoms with van der Waals surface area (Å²) < 4.78 is 40.3. The molecule has 43 heavy (non-hydrogen) atoms. The second-order valence-corrected chi connectivity index (χ2v) is 11.7. The van der Waals surface area contributed by atoms with Gasteiger partial charge < -0.3 is 5.11 Å². The molecule has 0 radical (unpaired) electrons. The van der Waals surface area contributed by atoms with Gasteiger partial charge in [-0.1, -0.05) is 41.4 Å². The van der Waals surface area contributed by atoms with E-state index in [1.807, 2.05) is 0 Å². The average molecular weight is 612 g/mol. The van der Waals surface area contributed by atoms with Crippen LogP contribution in [0.25, 0.3) is 0 Å². The van der Waals surface area contributed by atoms with E-state index in [0.29, 0.717) is 22.8 Å². The van der Waals surface area contributed by atoms with Crippen LogP contribution in [0.1, 0.15) is 42.5 Å². The Labute approximate surface area is 249 Å². The Morgan fingerprint density at radius 1 is 1.05 bits per heavy atom. The first kappa shape index (κ1) is 28.9. The number of aryl methyl sites for hydroxylation is 1. The molecule has 8 nitrogen and oxygen atoms in total. The van der Waals surface area contributed by atoms with Crippen molar-refractivity contribution in [2.75, 3.05) is 12.1 Å². The quantitative estimate of drug-likeness (QED) is 0.287. The molecular formula is C31H25ClF3N3O5. The van der Waals surface area contributed by atoms with E-state index in [-0.39, 0.29) is 51.9 Å². The normalized spacial score (nSPS) is 25.3. The molecule has 3 aliphatic carbocycles. The summed E-state index contributed by atoms with van der Waals surface area (Å²) in [5.74, 6) is -5.86. The number of phenolic OH excluding ortho intramolecular Hbond substituents is 1. The first-order chi connectivity index (χ1) is 20.2. The number of fused-ring (bicyclic) bond motifs is 3. The third kappa shape index (κ3) is 4.31. The van der Waals surface area contributed by atoms with E-state index in [1.165, 1.54) is 20.0 Å². The minimum atomic E-state index is -4.79. The number of anilines is 1. The predicted octanol–water partition coefficient (Wildman–Crippen LogP) is 5.25. The Morgan fingerprint density at radius 3 is 2.47 bits per heavy atom. The van der Waals surface area contributed by atoms with Gasteiger partial charge in [0.25, 0.3) is 11.8 Å². The van der Waals surface area contributed by atoms with Crippen molar-refractivity contribution in [3.05, 3.63) is 86.6 Å². The smallest absolute Gasteiger partial charge is 0.433 e. The number of rotatable bonds is 3. The van der Waals surface area contributed by atoms with E-state index in [2.05, 4.69) is 4.98 Å². The van der Waals surface area contributed by atoms with Crippen molar-refractivity contribution in [1.29, 1.82) is 0 Å². The number of hydrazine groups is 1. The first-order valence-corrected chi connectivity index (χ1v) is 13.9. The number of aromatic hydroxyl groups is 1. The van der Waals surface area contributed by atoms with E-state index < -0.39 is 53.2 Å². The molecule has 0 bridgehead atoms. The van der Waals surface area contributed by atoms with Crippen LogP contribution in [-0.4, -0.2) is 45.5 Å². The van der Waals surface area contributed by atoms with Gasteiger partial charge in [-0.25, -0.2) is 4.98 Å². The van der Waals surface area contributed by atoms with E-state index in [4.69, 9.17) is 11.6 Å². The van der Waals surface area contributed by atoms with Crippen LogP contribution in [0.5, 0.6) is 5.75 Å². The van der Waals surface area contributed by atoms with Gasteiger partial charge in [-0.3, -0.25) is 24.2 Å². The van der Waals surface area contributed by atoms with Crippen molar-refractivity contribution in [2.24, 2.45) is 17.8 Å². The van der Waals surface area contributed by atoms with Crippen LogP contribution in [0.4, 0.5) is 19.0 Å². The number of amides is 2. The lowest BCUT2D eigenvalue weighted by Gasteiger charge is -2.42. The van der Waals surface area contributed by atoms with E-state index in [1.54, 1.807) is 31.2 Å². The largest absolute Gasteiger partial charge is 0.507 e. The standard InChI is InChI=1S/C31H25ClF3N3O5/c1-13-5-4-6-16(26(13)40)23-15-7-8-17-24(18(15)12-19-25(23)21(39)11-14(2)27(19)41)30(43)38(29(17)42)37(3)28-20(32)9-10-22(36-28)31(33,34)35/h4-7,9-11,17-18,23-24,40H,8,12H2,1-3H3. The molecule has 1 fully saturated rings. The van der Waals surface area contributed by atoms with Gasteiger partial charge in [0.2, 0.25) is 0 Å². The van der Waals surface area contributed by atoms with Crippen molar-refractivity contribution in [2.45, 2.75) is 38.8 Å². The number of carbonyl (C=O) groups excluding carboxylic acids is 4. The number of benzene rings is 1. The number of halogens is 4. The molecular weight excluding hydrogens is 587 g/mol. The fraction of sp³-hybridized carbons (Fsp3) is 0.323. The second kappa shape index (κ2) is 9.90. The SMILES string of the molecule is CC1=CC(=O)C2=C(CC3C(=CCC4C(=O)N(N(C)c5nc(C(F)(F)F)ccc5Cl)C(=O)C43)C2c2cccc(C)c2O)C1=O. The van der Waals surface area contributed by atoms with Crippen LogP contribution in [0.2, 0.25) is 5.02 Å². The highest BCUT2D eigenvalue weighted by Gasteiger charge is 2.58. The predicted molar refractivity (Wildman–Crippen MR) is 149 cm³/mol. The highest BCUT2D eigenvalue weighted by Crippen LogP contribution is 2.56. The lowest BCUT2D eigenvalue weighted by molar-refractivity contribution is -0.141. The topological polar surface area (TPSA) is 108 Å². The Bertz CT molecular complexity index is 1740. The molecule has 12 heteroatoms. The van der Waals surface area contributed by atoms with Crippen molar-refractivity contribution in [1.82, 2.24) is 9.99 Å². The number of para-hydroxylation sites is 1. The van der Waals surface area contributed by atoms with Crippen molar-refractivity contribution in [3.8, 4) is 5.75 Å². The molecule has 6 rings (SSSR count). The van der Waals surface area contributed by atoms with Crippen molar-refractivity contribution in [3.63, 3.8) is 0 Å². The van der Waals surface area contributed by atoms with Gasteiger partial charge in [0.05, 0.1) is 16.9 Å². The number of nitrogens with zero attached hydrogens (tertiary/aromatic N) is 3. The van der Waals surface area contributed by atoms with E-state index >= 15 is 0 Å². The van der Waals surface area contributed by atoms with Crippen LogP contribution in [0, 0.1) is 24.7 Å². The maximum atomic E-state index is 14.1. The zero-order chi connectivity index (χ0) is 31.1. The Balaban J connectivity index is 1.45. The van der Waals surface area contributed by atoms with Crippen LogP contribution < -0.4 is 5.01 Å². The molecule has 4 atom stereocenters. The number of aromatic nitrogens is 1. The molecule has 1 aromatic carbocycles. The number of hydrogen-bond donors (Lipinski definition) is 1. The number of hydrogen-bond acceptors (Lipinski definition) is 7. The van der Waals surface area contributed by atoms with Crippen molar-refractivity contribution < 1.29 is 37.5 Å². The van der Waals surface area contributed by atoms with E-state index in [0.717, 1.165) is 16.1 Å². The fourth-order valence-corrected chi connectivity index (χ4v) is 7.07. The summed E-state index contributed by atoms with van der Waals surface area (Å²) in [6.07, 6.45) is -1.60. The maximum Gasteiger partial charge on any atom is 0.433 e. The first-order valence-electron chi connectivity index (χ1n) is 13.6. The second-order valence-electron chi connectivity index (χ2n) is 11.3. The number of carbonyl (C=O) groups is 4. The molecule has 1 saturated heterocycles. The van der Waals surface area contributed by atoms with Crippen LogP contribution in [-0.2, 0) is 25.4 Å². The number of ketones is 2. The number of allylic oxidation sites excluding steroid dienone is 6. The summed E-state index contributed by atoms with van der Waals surface area (Å²) in [5, 5.41) is 12.6. The molecule has 2 aromatic rings. The summed E-state index contributed by atoms with van der Waals surface area (Å²) in [5.41, 5.74) is 1.07. The lowest BCUT2D eigenvalue weighted by Crippen LogP contribution is -2.46. The molecule has 1 aliphatic heterocycles. The number of Topliss-reactive ketones (excluding diaryl/α,β-unsaturated/α-hetero) is 1. The number of alkyl halides is 3. The third-order valence-corrected chi connectivity index (χ3v) is 9.14. The van der Waals surface area contributed by atoms with Crippen LogP contribution >= 0.6 is 11.6 Å². The van der Waals surface area contributed by atoms with Gasteiger partial charge >= 0.3 is 6.18 Å². The zero-order valence-electron chi connectivity index (χ0n) is 23.2. The Morgan fingerprint density at radius 2 is 1.77 bits per heavy atom. The highest BCUT2D eigenvalue weighted by atomic mass is 35.5. The maximum absolute atomic E-state index is 14.1. The summed E-state index contributed by atoms with van der Waals surface area (Å²) >= 11 is 6.18. The molecule has 2 heterocycles. The molecule has 4 aliphatic rings. The lowest BCUT2D eigenvalue weighted by atomic mass is 9.59. The fourth-order valence-electron chi connectivity index (χ4n) is 6.84. The number of phenols is 1. The molecule has 4 unspecified atom stereocenters. The Hall–Kier alpha value is -4.25. The van der Waals surface area contributed by atoms with Gasteiger partial charge in [0, 0.05) is 35.2 Å². The zero-order valence-corrected chi connectivity index (χ0v) is 24.0. The van der Waals surface area contributed by atoms with Crippen LogP contribution in [0.3, 0.4) is 0 Å². The van der Waals surface area contributed by atoms with Gasteiger partial charge in [-0.05, 0) is 56.4 Å². The molecule has 222 valence electrons. The number of pyridine rings is 1. The third-order valence-electron chi connectivity index (χ3n) is 8.84. The molecule has 0 spiro atoms. The van der Waals surface area contributed by atoms with Gasteiger partial charge in [-0.2, -0.15) is 18.2 Å². The molecule has 1 N–H and O–H groups in total. The molecule has 1 aromatic heterocycles. The van der Waals surface area contributed by atoms with Gasteiger partial charge in [-0.15, -0.1) is 0 Å². The highest BCUT2D eigenvalue weighted by molar-refractivity contribution is 6.33. The average Bonchev–Trinajstić information content (AvgIpc) is 3.21. The summed E-state index contributed by atoms with van der Waals surface area (Å²) in [6, 6.07) is 6.80. The summed E-state index contributed by atoms with van der Waals surface area (Å²) in [7, 11) is 1.24. The van der Waals surface area contributed by atoms with Crippen molar-refractivity contribution >= 4 is 40.8 Å². The number of imide groups is 1. The van der Waals surface area contributed by atoms with Crippen LogP contribution in [0.15, 0.2) is 64.8 Å². The summed E-state index contributed by atoms with van der Waals surface area (Å²) in [4.78, 5) is 58.1. The molecule has 0 saturated carbocycles. The monoisotopic (exact) mass is 611 g/mol. The Kier molecular flexibility index (Phi) is 6.64. The van der Waals surface area contributed by atoms with Gasteiger partial charge in [0.15, 0.2) is 17.4 Å². The van der Waals surface area contributed by atoms with E-state index in [9.17, 15) is 37.5 Å². The van der Waals surface area contributed by atoms with Gasteiger partial charge in [0.1, 0.15) is 11.4 Å². The minimum Gasteiger partial charge on any atom is -0.507 e. The summed E-state index contributed by atoms with van der Waals surface area (Å²) in [6.45, 7) is 3.24. The molecule has 2 amide bonds.